The van der Waals surface area contributed by atoms with Crippen LogP contribution in [0.25, 0.3) is 11.1 Å². The highest BCUT2D eigenvalue weighted by molar-refractivity contribution is 6.88. The summed E-state index contributed by atoms with van der Waals surface area (Å²) in [5.41, 5.74) is 3.10. The minimum absolute atomic E-state index is 0.364. The second-order valence-electron chi connectivity index (χ2n) is 5.85. The normalized spacial score (nSPS) is 11.6. The zero-order chi connectivity index (χ0) is 13.3. The van der Waals surface area contributed by atoms with Gasteiger partial charge in [-0.2, -0.15) is 0 Å². The topological polar surface area (TPSA) is 20.2 Å². The van der Waals surface area contributed by atoms with Crippen LogP contribution in [0.1, 0.15) is 5.56 Å². The lowest BCUT2D eigenvalue weighted by atomic mass is 10.0. The number of hydrogen-bond donors (Lipinski definition) is 1. The second-order valence-corrected chi connectivity index (χ2v) is 10.9. The van der Waals surface area contributed by atoms with Crippen LogP contribution in [0.3, 0.4) is 0 Å². The summed E-state index contributed by atoms with van der Waals surface area (Å²) in [6, 6.07) is 14.4. The van der Waals surface area contributed by atoms with E-state index in [4.69, 9.17) is 0 Å². The Kier molecular flexibility index (Phi) is 3.31. The average Bonchev–Trinajstić information content (AvgIpc) is 2.28. The third-order valence-corrected chi connectivity index (χ3v) is 5.24. The van der Waals surface area contributed by atoms with E-state index in [9.17, 15) is 5.11 Å². The first-order valence-corrected chi connectivity index (χ1v) is 9.78. The monoisotopic (exact) mass is 256 g/mol. The zero-order valence-electron chi connectivity index (χ0n) is 11.5. The quantitative estimate of drug-likeness (QED) is 0.808. The summed E-state index contributed by atoms with van der Waals surface area (Å²) in [6.07, 6.45) is 0. The van der Waals surface area contributed by atoms with Crippen molar-refractivity contribution < 1.29 is 5.11 Å². The van der Waals surface area contributed by atoms with Crippen molar-refractivity contribution in [1.29, 1.82) is 0 Å². The van der Waals surface area contributed by atoms with E-state index in [0.29, 0.717) is 5.75 Å². The molecule has 1 N–H and O–H groups in total. The van der Waals surface area contributed by atoms with Crippen LogP contribution < -0.4 is 5.19 Å². The third-order valence-electron chi connectivity index (χ3n) is 3.19. The van der Waals surface area contributed by atoms with Gasteiger partial charge in [0.15, 0.2) is 0 Å². The summed E-state index contributed by atoms with van der Waals surface area (Å²) < 4.78 is 0. The lowest BCUT2D eigenvalue weighted by Crippen LogP contribution is -2.37. The van der Waals surface area contributed by atoms with Crippen molar-refractivity contribution in [3.05, 3.63) is 48.0 Å². The van der Waals surface area contributed by atoms with Gasteiger partial charge in [-0.1, -0.05) is 61.2 Å². The Labute approximate surface area is 110 Å². The molecule has 0 spiro atoms. The molecule has 2 aromatic rings. The summed E-state index contributed by atoms with van der Waals surface area (Å²) in [4.78, 5) is 0. The molecule has 0 aliphatic heterocycles. The van der Waals surface area contributed by atoms with Crippen molar-refractivity contribution in [2.45, 2.75) is 26.6 Å². The number of phenolic OH excluding ortho intramolecular Hbond substituents is 1. The van der Waals surface area contributed by atoms with Gasteiger partial charge in [-0.15, -0.1) is 0 Å². The van der Waals surface area contributed by atoms with Crippen LogP contribution in [-0.2, 0) is 0 Å². The highest BCUT2D eigenvalue weighted by Gasteiger charge is 2.17. The molecule has 0 saturated heterocycles. The molecule has 0 atom stereocenters. The van der Waals surface area contributed by atoms with Gasteiger partial charge in [-0.25, -0.2) is 0 Å². The van der Waals surface area contributed by atoms with Gasteiger partial charge in [0, 0.05) is 5.56 Å². The van der Waals surface area contributed by atoms with E-state index in [2.05, 4.69) is 43.9 Å². The van der Waals surface area contributed by atoms with E-state index in [1.807, 2.05) is 25.1 Å². The van der Waals surface area contributed by atoms with Gasteiger partial charge < -0.3 is 5.11 Å². The van der Waals surface area contributed by atoms with Crippen molar-refractivity contribution in [1.82, 2.24) is 0 Å². The van der Waals surface area contributed by atoms with E-state index >= 15 is 0 Å². The first-order valence-electron chi connectivity index (χ1n) is 6.28. The highest BCUT2D eigenvalue weighted by Crippen LogP contribution is 2.29. The average molecular weight is 256 g/mol. The lowest BCUT2D eigenvalue weighted by molar-refractivity contribution is 0.477. The van der Waals surface area contributed by atoms with Crippen molar-refractivity contribution >= 4 is 13.3 Å². The third kappa shape index (κ3) is 2.65. The molecule has 0 amide bonds. The smallest absolute Gasteiger partial charge is 0.123 e. The molecule has 0 bridgehead atoms. The van der Waals surface area contributed by atoms with Crippen LogP contribution in [0.4, 0.5) is 0 Å². The predicted octanol–water partition coefficient (Wildman–Crippen LogP) is 3.91. The maximum atomic E-state index is 10.0. The van der Waals surface area contributed by atoms with Gasteiger partial charge >= 0.3 is 0 Å². The van der Waals surface area contributed by atoms with Crippen LogP contribution in [0.15, 0.2) is 42.5 Å². The van der Waals surface area contributed by atoms with E-state index < -0.39 is 8.07 Å². The van der Waals surface area contributed by atoms with E-state index in [0.717, 1.165) is 16.7 Å². The van der Waals surface area contributed by atoms with Gasteiger partial charge in [0.1, 0.15) is 5.75 Å². The summed E-state index contributed by atoms with van der Waals surface area (Å²) in [5.74, 6) is 0.364. The number of hydrogen-bond acceptors (Lipinski definition) is 1. The molecule has 0 radical (unpaired) electrons. The Bertz CT molecular complexity index is 568. The lowest BCUT2D eigenvalue weighted by Gasteiger charge is -2.18. The largest absolute Gasteiger partial charge is 0.507 e. The van der Waals surface area contributed by atoms with Gasteiger partial charge in [0.05, 0.1) is 8.07 Å². The van der Waals surface area contributed by atoms with Crippen LogP contribution in [0.5, 0.6) is 5.75 Å². The fourth-order valence-corrected chi connectivity index (χ4v) is 3.22. The van der Waals surface area contributed by atoms with Crippen molar-refractivity contribution in [3.63, 3.8) is 0 Å². The number of phenols is 1. The molecule has 1 nitrogen and oxygen atoms in total. The number of benzene rings is 2. The molecule has 18 heavy (non-hydrogen) atoms. The SMILES string of the molecule is Cc1ccc(-c2cccc([Si](C)(C)C)c2)c(O)c1. The number of aryl methyl sites for hydroxylation is 1. The first kappa shape index (κ1) is 12.9. The highest BCUT2D eigenvalue weighted by atomic mass is 28.3. The van der Waals surface area contributed by atoms with Crippen LogP contribution in [0, 0.1) is 6.92 Å². The molecular formula is C16H20OSi. The molecule has 0 heterocycles. The maximum Gasteiger partial charge on any atom is 0.123 e. The Morgan fingerprint density at radius 1 is 0.944 bits per heavy atom. The molecule has 0 fully saturated rings. The fourth-order valence-electron chi connectivity index (χ4n) is 2.04. The standard InChI is InChI=1S/C16H20OSi/c1-12-8-9-15(16(17)10-12)13-6-5-7-14(11-13)18(2,3)4/h5-11,17H,1-4H3. The predicted molar refractivity (Wildman–Crippen MR) is 81.3 cm³/mol. The van der Waals surface area contributed by atoms with Crippen molar-refractivity contribution in [2.24, 2.45) is 0 Å². The maximum absolute atomic E-state index is 10.0. The molecule has 0 unspecified atom stereocenters. The van der Waals surface area contributed by atoms with E-state index in [1.165, 1.54) is 5.19 Å². The summed E-state index contributed by atoms with van der Waals surface area (Å²) in [7, 11) is -1.31. The summed E-state index contributed by atoms with van der Waals surface area (Å²) >= 11 is 0. The molecule has 0 aliphatic rings. The zero-order valence-corrected chi connectivity index (χ0v) is 12.5. The molecule has 0 aliphatic carbocycles. The molecule has 0 aromatic heterocycles. The van der Waals surface area contributed by atoms with Crippen molar-refractivity contribution in [2.75, 3.05) is 0 Å². The minimum atomic E-state index is -1.31. The molecule has 94 valence electrons. The molecule has 2 heteroatoms. The molecule has 2 aromatic carbocycles. The van der Waals surface area contributed by atoms with Crippen LogP contribution in [0.2, 0.25) is 19.6 Å². The van der Waals surface area contributed by atoms with Gasteiger partial charge in [0.25, 0.3) is 0 Å². The fraction of sp³-hybridized carbons (Fsp3) is 0.250. The Balaban J connectivity index is 2.51. The first-order chi connectivity index (χ1) is 8.38. The van der Waals surface area contributed by atoms with E-state index in [-0.39, 0.29) is 0 Å². The van der Waals surface area contributed by atoms with Crippen molar-refractivity contribution in [3.8, 4) is 16.9 Å². The summed E-state index contributed by atoms with van der Waals surface area (Å²) in [5, 5.41) is 11.5. The second kappa shape index (κ2) is 4.62. The Morgan fingerprint density at radius 2 is 1.67 bits per heavy atom. The Hall–Kier alpha value is -1.54. The molecule has 2 rings (SSSR count). The van der Waals surface area contributed by atoms with Gasteiger partial charge in [0.2, 0.25) is 0 Å². The summed E-state index contributed by atoms with van der Waals surface area (Å²) in [6.45, 7) is 8.99. The minimum Gasteiger partial charge on any atom is -0.507 e. The van der Waals surface area contributed by atoms with Crippen LogP contribution >= 0.6 is 0 Å². The van der Waals surface area contributed by atoms with E-state index in [1.54, 1.807) is 0 Å². The van der Waals surface area contributed by atoms with Crippen LogP contribution in [-0.4, -0.2) is 13.2 Å². The van der Waals surface area contributed by atoms with Gasteiger partial charge in [-0.05, 0) is 24.1 Å². The van der Waals surface area contributed by atoms with Gasteiger partial charge in [-0.3, -0.25) is 0 Å². The number of rotatable bonds is 2. The molecular weight excluding hydrogens is 236 g/mol. The Morgan fingerprint density at radius 3 is 2.28 bits per heavy atom. The number of aromatic hydroxyl groups is 1. The molecule has 0 saturated carbocycles.